The molecule has 0 radical (unpaired) electrons. The average Bonchev–Trinajstić information content (AvgIpc) is 2.50. The number of rotatable bonds is 7. The summed E-state index contributed by atoms with van der Waals surface area (Å²) in [5, 5.41) is 3.58. The van der Waals surface area contributed by atoms with Gasteiger partial charge in [0, 0.05) is 25.2 Å². The molecular formula is C18H31N3. The highest BCUT2D eigenvalue weighted by Gasteiger charge is 2.31. The predicted octanol–water partition coefficient (Wildman–Crippen LogP) is 2.54. The van der Waals surface area contributed by atoms with Crippen molar-refractivity contribution < 1.29 is 0 Å². The van der Waals surface area contributed by atoms with Crippen molar-refractivity contribution >= 4 is 0 Å². The van der Waals surface area contributed by atoms with E-state index in [2.05, 4.69) is 67.4 Å². The molecule has 21 heavy (non-hydrogen) atoms. The van der Waals surface area contributed by atoms with Gasteiger partial charge in [0.1, 0.15) is 0 Å². The highest BCUT2D eigenvalue weighted by atomic mass is 15.2. The smallest absolute Gasteiger partial charge is 0.0478 e. The van der Waals surface area contributed by atoms with Crippen LogP contribution in [-0.2, 0) is 6.42 Å². The van der Waals surface area contributed by atoms with Crippen molar-refractivity contribution in [3.8, 4) is 0 Å². The summed E-state index contributed by atoms with van der Waals surface area (Å²) in [6.07, 6.45) is 3.69. The molecule has 0 aliphatic heterocycles. The number of aryl methyl sites for hydroxylation is 1. The molecule has 0 spiro atoms. The molecule has 2 rings (SSSR count). The molecule has 1 aliphatic carbocycles. The average molecular weight is 289 g/mol. The molecule has 1 aromatic carbocycles. The lowest BCUT2D eigenvalue weighted by Gasteiger charge is -2.41. The maximum absolute atomic E-state index is 3.58. The summed E-state index contributed by atoms with van der Waals surface area (Å²) in [5.74, 6) is 0. The number of likely N-dealkylation sites (N-methyl/N-ethyl adjacent to an activating group) is 2. The fourth-order valence-corrected chi connectivity index (χ4v) is 3.54. The first-order valence-corrected chi connectivity index (χ1v) is 8.31. The molecule has 0 fully saturated rings. The van der Waals surface area contributed by atoms with Gasteiger partial charge in [0.05, 0.1) is 0 Å². The summed E-state index contributed by atoms with van der Waals surface area (Å²) >= 11 is 0. The zero-order valence-electron chi connectivity index (χ0n) is 14.1. The zero-order chi connectivity index (χ0) is 15.2. The van der Waals surface area contributed by atoms with Crippen molar-refractivity contribution in [3.63, 3.8) is 0 Å². The monoisotopic (exact) mass is 289 g/mol. The molecule has 3 heteroatoms. The standard InChI is InChI=1S/C18H31N3/c1-5-12-21(14-13-20(3)4)17-11-10-15-8-6-7-9-16(15)18(17)19-2/h6-9,17-19H,5,10-14H2,1-4H3. The second kappa shape index (κ2) is 7.92. The number of fused-ring (bicyclic) bond motifs is 1. The second-order valence-corrected chi connectivity index (χ2v) is 6.41. The molecular weight excluding hydrogens is 258 g/mol. The molecule has 0 saturated heterocycles. The SMILES string of the molecule is CCCN(CCN(C)C)C1CCc2ccccc2C1NC. The Bertz CT molecular complexity index is 430. The van der Waals surface area contributed by atoms with Gasteiger partial charge in [0.25, 0.3) is 0 Å². The van der Waals surface area contributed by atoms with Gasteiger partial charge in [-0.25, -0.2) is 0 Å². The van der Waals surface area contributed by atoms with E-state index in [-0.39, 0.29) is 0 Å². The van der Waals surface area contributed by atoms with E-state index in [1.807, 2.05) is 0 Å². The Labute approximate surface area is 130 Å². The molecule has 0 amide bonds. The topological polar surface area (TPSA) is 18.5 Å². The van der Waals surface area contributed by atoms with Crippen molar-refractivity contribution in [2.45, 2.75) is 38.3 Å². The van der Waals surface area contributed by atoms with Crippen LogP contribution in [-0.4, -0.2) is 56.6 Å². The van der Waals surface area contributed by atoms with Gasteiger partial charge in [-0.2, -0.15) is 0 Å². The number of hydrogen-bond donors (Lipinski definition) is 1. The summed E-state index contributed by atoms with van der Waals surface area (Å²) in [4.78, 5) is 4.98. The summed E-state index contributed by atoms with van der Waals surface area (Å²) in [7, 11) is 6.43. The first kappa shape index (κ1) is 16.5. The van der Waals surface area contributed by atoms with Gasteiger partial charge in [0.2, 0.25) is 0 Å². The van der Waals surface area contributed by atoms with E-state index in [1.165, 1.54) is 36.9 Å². The van der Waals surface area contributed by atoms with Gasteiger partial charge in [-0.05, 0) is 58.1 Å². The van der Waals surface area contributed by atoms with Gasteiger partial charge >= 0.3 is 0 Å². The molecule has 2 atom stereocenters. The van der Waals surface area contributed by atoms with Gasteiger partial charge in [-0.3, -0.25) is 4.90 Å². The number of hydrogen-bond acceptors (Lipinski definition) is 3. The normalized spacial score (nSPS) is 21.8. The van der Waals surface area contributed by atoms with Crippen LogP contribution < -0.4 is 5.32 Å². The summed E-state index contributed by atoms with van der Waals surface area (Å²) in [6.45, 7) is 5.77. The summed E-state index contributed by atoms with van der Waals surface area (Å²) in [5.41, 5.74) is 3.03. The molecule has 1 aromatic rings. The minimum absolute atomic E-state index is 0.462. The Hall–Kier alpha value is -0.900. The van der Waals surface area contributed by atoms with Crippen molar-refractivity contribution in [2.75, 3.05) is 40.8 Å². The highest BCUT2D eigenvalue weighted by molar-refractivity contribution is 5.34. The Kier molecular flexibility index (Phi) is 6.22. The third kappa shape index (κ3) is 4.06. The molecule has 1 aliphatic rings. The Morgan fingerprint density at radius 1 is 1.14 bits per heavy atom. The van der Waals surface area contributed by atoms with E-state index >= 15 is 0 Å². The highest BCUT2D eigenvalue weighted by Crippen LogP contribution is 2.32. The van der Waals surface area contributed by atoms with E-state index in [0.29, 0.717) is 12.1 Å². The van der Waals surface area contributed by atoms with Gasteiger partial charge in [-0.15, -0.1) is 0 Å². The Balaban J connectivity index is 2.16. The van der Waals surface area contributed by atoms with E-state index < -0.39 is 0 Å². The van der Waals surface area contributed by atoms with Gasteiger partial charge in [0.15, 0.2) is 0 Å². The molecule has 0 heterocycles. The second-order valence-electron chi connectivity index (χ2n) is 6.41. The summed E-state index contributed by atoms with van der Waals surface area (Å²) in [6, 6.07) is 10.0. The Morgan fingerprint density at radius 3 is 2.57 bits per heavy atom. The lowest BCUT2D eigenvalue weighted by molar-refractivity contribution is 0.132. The van der Waals surface area contributed by atoms with Crippen molar-refractivity contribution in [1.82, 2.24) is 15.1 Å². The number of nitrogens with zero attached hydrogens (tertiary/aromatic N) is 2. The third-order valence-electron chi connectivity index (χ3n) is 4.61. The van der Waals surface area contributed by atoms with Crippen molar-refractivity contribution in [3.05, 3.63) is 35.4 Å². The van der Waals surface area contributed by atoms with Crippen LogP contribution in [0.1, 0.15) is 36.9 Å². The van der Waals surface area contributed by atoms with Crippen LogP contribution in [0.4, 0.5) is 0 Å². The number of benzene rings is 1. The van der Waals surface area contributed by atoms with Crippen LogP contribution in [0.15, 0.2) is 24.3 Å². The van der Waals surface area contributed by atoms with E-state index in [0.717, 1.165) is 13.1 Å². The first-order chi connectivity index (χ1) is 10.2. The zero-order valence-corrected chi connectivity index (χ0v) is 14.1. The fourth-order valence-electron chi connectivity index (χ4n) is 3.54. The minimum Gasteiger partial charge on any atom is -0.312 e. The lowest BCUT2D eigenvalue weighted by atomic mass is 9.83. The van der Waals surface area contributed by atoms with Crippen LogP contribution in [0.3, 0.4) is 0 Å². The van der Waals surface area contributed by atoms with Crippen molar-refractivity contribution in [1.29, 1.82) is 0 Å². The molecule has 3 nitrogen and oxygen atoms in total. The lowest BCUT2D eigenvalue weighted by Crippen LogP contribution is -2.48. The van der Waals surface area contributed by atoms with Crippen LogP contribution >= 0.6 is 0 Å². The van der Waals surface area contributed by atoms with Crippen LogP contribution in [0.5, 0.6) is 0 Å². The van der Waals surface area contributed by atoms with Crippen molar-refractivity contribution in [2.24, 2.45) is 0 Å². The molecule has 2 unspecified atom stereocenters. The van der Waals surface area contributed by atoms with E-state index in [9.17, 15) is 0 Å². The molecule has 118 valence electrons. The first-order valence-electron chi connectivity index (χ1n) is 8.31. The fraction of sp³-hybridized carbons (Fsp3) is 0.667. The van der Waals surface area contributed by atoms with E-state index in [1.54, 1.807) is 0 Å². The minimum atomic E-state index is 0.462. The molecule has 0 saturated carbocycles. The maximum Gasteiger partial charge on any atom is 0.0478 e. The molecule has 1 N–H and O–H groups in total. The summed E-state index contributed by atoms with van der Waals surface area (Å²) < 4.78 is 0. The predicted molar refractivity (Wildman–Crippen MR) is 90.8 cm³/mol. The van der Waals surface area contributed by atoms with Gasteiger partial charge in [-0.1, -0.05) is 31.2 Å². The molecule has 0 bridgehead atoms. The van der Waals surface area contributed by atoms with E-state index in [4.69, 9.17) is 0 Å². The van der Waals surface area contributed by atoms with Crippen LogP contribution in [0.25, 0.3) is 0 Å². The van der Waals surface area contributed by atoms with Crippen LogP contribution in [0.2, 0.25) is 0 Å². The third-order valence-corrected chi connectivity index (χ3v) is 4.61. The quantitative estimate of drug-likeness (QED) is 0.832. The largest absolute Gasteiger partial charge is 0.312 e. The molecule has 0 aromatic heterocycles. The van der Waals surface area contributed by atoms with Gasteiger partial charge < -0.3 is 10.2 Å². The number of nitrogens with one attached hydrogen (secondary N) is 1. The maximum atomic E-state index is 3.58. The Morgan fingerprint density at radius 2 is 1.90 bits per heavy atom. The van der Waals surface area contributed by atoms with Crippen LogP contribution in [0, 0.1) is 0 Å².